The van der Waals surface area contributed by atoms with Gasteiger partial charge in [0.05, 0.1) is 9.82 Å². The fourth-order valence-electron chi connectivity index (χ4n) is 6.16. The van der Waals surface area contributed by atoms with E-state index in [1.54, 1.807) is 23.9 Å². The van der Waals surface area contributed by atoms with Gasteiger partial charge in [-0.3, -0.25) is 15.0 Å². The first kappa shape index (κ1) is 37.9. The van der Waals surface area contributed by atoms with Gasteiger partial charge in [0.25, 0.3) is 15.7 Å². The van der Waals surface area contributed by atoms with Gasteiger partial charge in [-0.05, 0) is 91.2 Å². The summed E-state index contributed by atoms with van der Waals surface area (Å²) < 4.78 is 30.4. The molecule has 0 atom stereocenters. The van der Waals surface area contributed by atoms with E-state index in [0.717, 1.165) is 54.9 Å². The van der Waals surface area contributed by atoms with Crippen LogP contribution in [0.5, 0.6) is 0 Å². The molecule has 13 heteroatoms. The average molecular weight is 769 g/mol. The third-order valence-electron chi connectivity index (χ3n) is 8.97. The standard InChI is InChI=1S/C40H41ClN6O4S2/c1-40(2,28-52-34-9-4-3-5-10-34)43-37-21-20-35(26-38(37)47(48)49)53(50,51)44-39(42)30-14-18-33(19-15-30)46-24-22-45(23-25-46)27-31-8-6-7-11-36(31)29-12-16-32(41)17-13-29/h3-21,26,43H,22-25,27-28H2,1-2H3,(H2,42,44). The summed E-state index contributed by atoms with van der Waals surface area (Å²) in [5.41, 5.74) is 10.5. The molecule has 0 spiro atoms. The van der Waals surface area contributed by atoms with E-state index in [9.17, 15) is 18.5 Å². The lowest BCUT2D eigenvalue weighted by molar-refractivity contribution is -0.384. The van der Waals surface area contributed by atoms with Crippen LogP contribution in [0.15, 0.2) is 136 Å². The molecule has 0 saturated carbocycles. The number of nitrogens with two attached hydrogens (primary N) is 1. The smallest absolute Gasteiger partial charge is 0.293 e. The molecule has 0 amide bonds. The number of benzene rings is 5. The maximum Gasteiger partial charge on any atom is 0.293 e. The van der Waals surface area contributed by atoms with Gasteiger partial charge in [-0.25, -0.2) is 0 Å². The highest BCUT2D eigenvalue weighted by atomic mass is 35.5. The molecule has 3 N–H and O–H groups in total. The summed E-state index contributed by atoms with van der Waals surface area (Å²) in [7, 11) is -4.35. The van der Waals surface area contributed by atoms with Gasteiger partial charge in [-0.2, -0.15) is 8.42 Å². The largest absolute Gasteiger partial charge is 0.383 e. The van der Waals surface area contributed by atoms with Crippen LogP contribution in [0.4, 0.5) is 17.1 Å². The summed E-state index contributed by atoms with van der Waals surface area (Å²) >= 11 is 7.73. The number of piperazine rings is 1. The number of nitrogens with zero attached hydrogens (tertiary/aromatic N) is 4. The molecule has 1 aliphatic heterocycles. The van der Waals surface area contributed by atoms with Crippen LogP contribution in [0.1, 0.15) is 25.0 Å². The second-order valence-corrected chi connectivity index (χ2v) is 16.6. The minimum atomic E-state index is -4.35. The number of thioether (sulfide) groups is 1. The topological polar surface area (TPSA) is 134 Å². The van der Waals surface area contributed by atoms with Crippen LogP contribution in [0.3, 0.4) is 0 Å². The number of rotatable bonds is 13. The second kappa shape index (κ2) is 16.4. The summed E-state index contributed by atoms with van der Waals surface area (Å²) in [6.07, 6.45) is 0. The Bertz CT molecular complexity index is 2190. The van der Waals surface area contributed by atoms with E-state index in [0.29, 0.717) is 16.3 Å². The van der Waals surface area contributed by atoms with E-state index in [1.807, 2.05) is 80.6 Å². The number of nitro benzene ring substituents is 1. The minimum Gasteiger partial charge on any atom is -0.383 e. The lowest BCUT2D eigenvalue weighted by atomic mass is 9.99. The van der Waals surface area contributed by atoms with E-state index in [1.165, 1.54) is 23.3 Å². The Morgan fingerprint density at radius 2 is 1.57 bits per heavy atom. The molecule has 6 rings (SSSR count). The number of hydrogen-bond acceptors (Lipinski definition) is 8. The molecule has 5 aromatic rings. The Kier molecular flexibility index (Phi) is 11.7. The molecule has 1 saturated heterocycles. The van der Waals surface area contributed by atoms with E-state index < -0.39 is 20.5 Å². The van der Waals surface area contributed by atoms with Crippen LogP contribution in [-0.4, -0.2) is 61.5 Å². The molecular weight excluding hydrogens is 728 g/mol. The van der Waals surface area contributed by atoms with Crippen LogP contribution in [0.25, 0.3) is 11.1 Å². The fourth-order valence-corrected chi connectivity index (χ4v) is 8.21. The number of sulfonamides is 1. The SMILES string of the molecule is CC(C)(CSc1ccccc1)Nc1ccc(S(=O)(=O)N=C(N)c2ccc(N3CCN(Cc4ccccc4-c4ccc(Cl)cc4)CC3)cc2)cc1[N+](=O)[O-]. The third kappa shape index (κ3) is 9.76. The van der Waals surface area contributed by atoms with Crippen LogP contribution in [0, 0.1) is 10.1 Å². The van der Waals surface area contributed by atoms with E-state index in [-0.39, 0.29) is 22.1 Å². The molecule has 1 aliphatic rings. The first-order chi connectivity index (χ1) is 25.4. The maximum atomic E-state index is 13.3. The van der Waals surface area contributed by atoms with Gasteiger partial charge < -0.3 is 16.0 Å². The Morgan fingerprint density at radius 3 is 2.25 bits per heavy atom. The normalized spacial score (nSPS) is 14.2. The number of amidine groups is 1. The van der Waals surface area contributed by atoms with Gasteiger partial charge in [0, 0.05) is 71.3 Å². The second-order valence-electron chi connectivity index (χ2n) is 13.5. The molecule has 0 radical (unpaired) electrons. The molecule has 10 nitrogen and oxygen atoms in total. The first-order valence-corrected chi connectivity index (χ1v) is 19.9. The van der Waals surface area contributed by atoms with Gasteiger partial charge in [0.1, 0.15) is 11.5 Å². The van der Waals surface area contributed by atoms with Crippen LogP contribution < -0.4 is 16.0 Å². The van der Waals surface area contributed by atoms with Crippen molar-refractivity contribution >= 4 is 56.3 Å². The molecule has 274 valence electrons. The molecule has 0 aromatic heterocycles. The predicted molar refractivity (Wildman–Crippen MR) is 217 cm³/mol. The molecule has 1 fully saturated rings. The maximum absolute atomic E-state index is 13.3. The number of hydrogen-bond donors (Lipinski definition) is 2. The zero-order valence-electron chi connectivity index (χ0n) is 29.5. The highest BCUT2D eigenvalue weighted by Gasteiger charge is 2.26. The van der Waals surface area contributed by atoms with E-state index in [4.69, 9.17) is 17.3 Å². The summed E-state index contributed by atoms with van der Waals surface area (Å²) in [5, 5.41) is 16.0. The average Bonchev–Trinajstić information content (AvgIpc) is 3.15. The lowest BCUT2D eigenvalue weighted by Crippen LogP contribution is -2.46. The van der Waals surface area contributed by atoms with Crippen molar-refractivity contribution < 1.29 is 13.3 Å². The number of nitrogens with one attached hydrogen (secondary N) is 1. The predicted octanol–water partition coefficient (Wildman–Crippen LogP) is 8.31. The van der Waals surface area contributed by atoms with E-state index >= 15 is 0 Å². The molecule has 0 unspecified atom stereocenters. The van der Waals surface area contributed by atoms with Gasteiger partial charge >= 0.3 is 0 Å². The van der Waals surface area contributed by atoms with Crippen LogP contribution in [-0.2, 0) is 16.6 Å². The molecule has 0 aliphatic carbocycles. The van der Waals surface area contributed by atoms with Crippen molar-refractivity contribution in [3.05, 3.63) is 148 Å². The summed E-state index contributed by atoms with van der Waals surface area (Å²) in [5.74, 6) is 0.412. The van der Waals surface area contributed by atoms with Gasteiger partial charge in [-0.1, -0.05) is 66.2 Å². The summed E-state index contributed by atoms with van der Waals surface area (Å²) in [6.45, 7) is 8.10. The van der Waals surface area contributed by atoms with E-state index in [2.05, 4.69) is 43.8 Å². The van der Waals surface area contributed by atoms with Crippen molar-refractivity contribution in [2.24, 2.45) is 10.1 Å². The number of nitro groups is 1. The summed E-state index contributed by atoms with van der Waals surface area (Å²) in [4.78, 5) is 16.9. The van der Waals surface area contributed by atoms with Gasteiger partial charge in [0.2, 0.25) is 0 Å². The number of halogens is 1. The quantitative estimate of drug-likeness (QED) is 0.0399. The Labute approximate surface area is 319 Å². The Balaban J connectivity index is 1.08. The highest BCUT2D eigenvalue weighted by molar-refractivity contribution is 7.99. The van der Waals surface area contributed by atoms with Crippen molar-refractivity contribution in [3.63, 3.8) is 0 Å². The molecule has 1 heterocycles. The van der Waals surface area contributed by atoms with Crippen molar-refractivity contribution in [1.29, 1.82) is 0 Å². The lowest BCUT2D eigenvalue weighted by Gasteiger charge is -2.36. The van der Waals surface area contributed by atoms with Crippen LogP contribution >= 0.6 is 23.4 Å². The van der Waals surface area contributed by atoms with Crippen molar-refractivity contribution in [2.75, 3.05) is 42.1 Å². The Hall–Kier alpha value is -4.88. The first-order valence-electron chi connectivity index (χ1n) is 17.1. The number of anilines is 2. The van der Waals surface area contributed by atoms with Crippen molar-refractivity contribution in [3.8, 4) is 11.1 Å². The van der Waals surface area contributed by atoms with Gasteiger partial charge in [0.15, 0.2) is 0 Å². The highest BCUT2D eigenvalue weighted by Crippen LogP contribution is 2.33. The Morgan fingerprint density at radius 1 is 0.906 bits per heavy atom. The zero-order chi connectivity index (χ0) is 37.6. The van der Waals surface area contributed by atoms with Crippen molar-refractivity contribution in [2.45, 2.75) is 35.7 Å². The minimum absolute atomic E-state index is 0.204. The molecule has 53 heavy (non-hydrogen) atoms. The molecule has 5 aromatic carbocycles. The molecule has 0 bridgehead atoms. The molecular formula is C40H41ClN6O4S2. The summed E-state index contributed by atoms with van der Waals surface area (Å²) in [6, 6.07) is 37.2. The van der Waals surface area contributed by atoms with Crippen molar-refractivity contribution in [1.82, 2.24) is 4.90 Å². The van der Waals surface area contributed by atoms with Gasteiger partial charge in [-0.15, -0.1) is 16.2 Å². The third-order valence-corrected chi connectivity index (χ3v) is 12.0. The van der Waals surface area contributed by atoms with Crippen LogP contribution in [0.2, 0.25) is 5.02 Å². The fraction of sp³-hybridized carbons (Fsp3) is 0.225. The zero-order valence-corrected chi connectivity index (χ0v) is 31.9. The monoisotopic (exact) mass is 768 g/mol.